The molecule has 0 aliphatic rings. The Morgan fingerprint density at radius 3 is 2.53 bits per heavy atom. The van der Waals surface area contributed by atoms with E-state index in [-0.39, 0.29) is 11.6 Å². The lowest BCUT2D eigenvalue weighted by molar-refractivity contribution is 0.215. The number of hydrogen-bond donors (Lipinski definition) is 1. The molecule has 0 amide bonds. The predicted molar refractivity (Wildman–Crippen MR) is 58.1 cm³/mol. The molecule has 0 fully saturated rings. The predicted octanol–water partition coefficient (Wildman–Crippen LogP) is 2.76. The molecule has 2 nitrogen and oxygen atoms in total. The molecule has 1 aromatic rings. The summed E-state index contributed by atoms with van der Waals surface area (Å²) in [6.07, 6.45) is 0. The molecule has 0 heterocycles. The van der Waals surface area contributed by atoms with Gasteiger partial charge in [0, 0.05) is 5.41 Å². The molecule has 0 saturated carbocycles. The molecule has 1 rings (SSSR count). The number of aliphatic hydroxyl groups is 1. The van der Waals surface area contributed by atoms with Gasteiger partial charge < -0.3 is 9.84 Å². The summed E-state index contributed by atoms with van der Waals surface area (Å²) in [7, 11) is 1.43. The lowest BCUT2D eigenvalue weighted by Crippen LogP contribution is -2.23. The van der Waals surface area contributed by atoms with Crippen LogP contribution in [-0.2, 0) is 5.41 Å². The molecule has 0 aliphatic carbocycles. The largest absolute Gasteiger partial charge is 0.495 e. The fraction of sp³-hybridized carbons (Fsp3) is 0.455. The Morgan fingerprint density at radius 1 is 1.47 bits per heavy atom. The SMILES string of the molecule is COc1ccc(C(C)(C)CO)c(F)c1Cl. The fourth-order valence-corrected chi connectivity index (χ4v) is 1.54. The highest BCUT2D eigenvalue weighted by atomic mass is 35.5. The highest BCUT2D eigenvalue weighted by Crippen LogP contribution is 2.34. The van der Waals surface area contributed by atoms with Crippen LogP contribution in [0.1, 0.15) is 19.4 Å². The van der Waals surface area contributed by atoms with Crippen molar-refractivity contribution in [1.29, 1.82) is 0 Å². The van der Waals surface area contributed by atoms with E-state index >= 15 is 0 Å². The van der Waals surface area contributed by atoms with Gasteiger partial charge in [0.15, 0.2) is 0 Å². The Balaban J connectivity index is 3.29. The average molecular weight is 233 g/mol. The van der Waals surface area contributed by atoms with Crippen molar-refractivity contribution in [2.75, 3.05) is 13.7 Å². The zero-order valence-corrected chi connectivity index (χ0v) is 9.73. The van der Waals surface area contributed by atoms with Crippen molar-refractivity contribution < 1.29 is 14.2 Å². The van der Waals surface area contributed by atoms with E-state index in [4.69, 9.17) is 21.4 Å². The Morgan fingerprint density at radius 2 is 2.07 bits per heavy atom. The van der Waals surface area contributed by atoms with E-state index in [2.05, 4.69) is 0 Å². The maximum Gasteiger partial charge on any atom is 0.149 e. The van der Waals surface area contributed by atoms with Crippen LogP contribution < -0.4 is 4.74 Å². The molecular formula is C11H14ClFO2. The van der Waals surface area contributed by atoms with Crippen LogP contribution >= 0.6 is 11.6 Å². The van der Waals surface area contributed by atoms with Crippen LogP contribution in [0, 0.1) is 5.82 Å². The maximum absolute atomic E-state index is 13.8. The van der Waals surface area contributed by atoms with Crippen LogP contribution in [0.3, 0.4) is 0 Å². The van der Waals surface area contributed by atoms with Crippen LogP contribution in [-0.4, -0.2) is 18.8 Å². The van der Waals surface area contributed by atoms with Gasteiger partial charge in [-0.2, -0.15) is 0 Å². The van der Waals surface area contributed by atoms with Gasteiger partial charge in [0.1, 0.15) is 16.6 Å². The monoisotopic (exact) mass is 232 g/mol. The van der Waals surface area contributed by atoms with E-state index in [9.17, 15) is 4.39 Å². The summed E-state index contributed by atoms with van der Waals surface area (Å²) in [5, 5.41) is 9.10. The first-order valence-corrected chi connectivity index (χ1v) is 4.95. The number of ether oxygens (including phenoxy) is 1. The third-order valence-electron chi connectivity index (χ3n) is 2.39. The molecule has 0 aliphatic heterocycles. The first kappa shape index (κ1) is 12.3. The standard InChI is InChI=1S/C11H14ClFO2/c1-11(2,6-14)7-4-5-8(15-3)9(12)10(7)13/h4-5,14H,6H2,1-3H3. The second-order valence-corrected chi connectivity index (χ2v) is 4.36. The zero-order valence-electron chi connectivity index (χ0n) is 8.97. The highest BCUT2D eigenvalue weighted by molar-refractivity contribution is 6.32. The number of aliphatic hydroxyl groups excluding tert-OH is 1. The Bertz CT molecular complexity index is 364. The smallest absolute Gasteiger partial charge is 0.149 e. The molecule has 0 saturated heterocycles. The van der Waals surface area contributed by atoms with Crippen LogP contribution in [0.15, 0.2) is 12.1 Å². The van der Waals surface area contributed by atoms with Crippen molar-refractivity contribution in [2.24, 2.45) is 0 Å². The van der Waals surface area contributed by atoms with E-state index in [0.29, 0.717) is 11.3 Å². The van der Waals surface area contributed by atoms with Crippen molar-refractivity contribution in [1.82, 2.24) is 0 Å². The summed E-state index contributed by atoms with van der Waals surface area (Å²) in [5.41, 5.74) is -0.268. The van der Waals surface area contributed by atoms with Crippen molar-refractivity contribution >= 4 is 11.6 Å². The molecule has 0 bridgehead atoms. The number of hydrogen-bond acceptors (Lipinski definition) is 2. The summed E-state index contributed by atoms with van der Waals surface area (Å²) in [4.78, 5) is 0. The minimum absolute atomic E-state index is 0.0449. The summed E-state index contributed by atoms with van der Waals surface area (Å²) in [6.45, 7) is 3.34. The quantitative estimate of drug-likeness (QED) is 0.869. The molecule has 15 heavy (non-hydrogen) atoms. The summed E-state index contributed by atoms with van der Waals surface area (Å²) in [6, 6.07) is 3.18. The second kappa shape index (κ2) is 4.37. The van der Waals surface area contributed by atoms with Gasteiger partial charge in [-0.3, -0.25) is 0 Å². The molecule has 0 radical (unpaired) electrons. The van der Waals surface area contributed by atoms with Crippen molar-refractivity contribution in [3.8, 4) is 5.75 Å². The van der Waals surface area contributed by atoms with Crippen molar-refractivity contribution in [3.05, 3.63) is 28.5 Å². The van der Waals surface area contributed by atoms with Gasteiger partial charge in [0.2, 0.25) is 0 Å². The molecule has 0 atom stereocenters. The number of halogens is 2. The molecule has 84 valence electrons. The Kier molecular flexibility index (Phi) is 3.58. The minimum atomic E-state index is -0.653. The topological polar surface area (TPSA) is 29.5 Å². The lowest BCUT2D eigenvalue weighted by atomic mass is 9.85. The van der Waals surface area contributed by atoms with Crippen LogP contribution in [0.5, 0.6) is 5.75 Å². The van der Waals surface area contributed by atoms with Crippen LogP contribution in [0.25, 0.3) is 0 Å². The van der Waals surface area contributed by atoms with Crippen molar-refractivity contribution in [2.45, 2.75) is 19.3 Å². The fourth-order valence-electron chi connectivity index (χ4n) is 1.30. The zero-order chi connectivity index (χ0) is 11.6. The van der Waals surface area contributed by atoms with Gasteiger partial charge >= 0.3 is 0 Å². The number of benzene rings is 1. The summed E-state index contributed by atoms with van der Waals surface area (Å²) in [5.74, 6) is -0.235. The maximum atomic E-state index is 13.8. The lowest BCUT2D eigenvalue weighted by Gasteiger charge is -2.23. The number of rotatable bonds is 3. The van der Waals surface area contributed by atoms with Crippen molar-refractivity contribution in [3.63, 3.8) is 0 Å². The van der Waals surface area contributed by atoms with E-state index in [1.807, 2.05) is 0 Å². The second-order valence-electron chi connectivity index (χ2n) is 3.99. The van der Waals surface area contributed by atoms with E-state index in [0.717, 1.165) is 0 Å². The van der Waals surface area contributed by atoms with Gasteiger partial charge in [-0.15, -0.1) is 0 Å². The third-order valence-corrected chi connectivity index (χ3v) is 2.74. The normalized spacial score (nSPS) is 11.6. The summed E-state index contributed by atoms with van der Waals surface area (Å²) < 4.78 is 18.7. The van der Waals surface area contributed by atoms with E-state index < -0.39 is 11.2 Å². The molecule has 1 aromatic carbocycles. The summed E-state index contributed by atoms with van der Waals surface area (Å²) >= 11 is 5.78. The molecular weight excluding hydrogens is 219 g/mol. The molecule has 1 N–H and O–H groups in total. The van der Waals surface area contributed by atoms with Gasteiger partial charge in [-0.25, -0.2) is 4.39 Å². The minimum Gasteiger partial charge on any atom is -0.495 e. The van der Waals surface area contributed by atoms with Gasteiger partial charge in [0.05, 0.1) is 13.7 Å². The number of methoxy groups -OCH3 is 1. The Labute approximate surface area is 93.6 Å². The Hall–Kier alpha value is -0.800. The van der Waals surface area contributed by atoms with Gasteiger partial charge in [-0.05, 0) is 11.6 Å². The molecule has 4 heteroatoms. The van der Waals surface area contributed by atoms with Crippen LogP contribution in [0.4, 0.5) is 4.39 Å². The van der Waals surface area contributed by atoms with Gasteiger partial charge in [0.25, 0.3) is 0 Å². The van der Waals surface area contributed by atoms with Crippen LogP contribution in [0.2, 0.25) is 5.02 Å². The molecule has 0 spiro atoms. The average Bonchev–Trinajstić information content (AvgIpc) is 2.21. The first-order chi connectivity index (χ1) is 6.94. The highest BCUT2D eigenvalue weighted by Gasteiger charge is 2.25. The van der Waals surface area contributed by atoms with E-state index in [1.165, 1.54) is 7.11 Å². The molecule has 0 unspecified atom stereocenters. The van der Waals surface area contributed by atoms with E-state index in [1.54, 1.807) is 26.0 Å². The van der Waals surface area contributed by atoms with Gasteiger partial charge in [-0.1, -0.05) is 31.5 Å². The first-order valence-electron chi connectivity index (χ1n) is 4.57. The third kappa shape index (κ3) is 2.24. The molecule has 0 aromatic heterocycles.